The monoisotopic (exact) mass is 495 g/mol. The van der Waals surface area contributed by atoms with E-state index in [1.165, 1.54) is 13.2 Å². The van der Waals surface area contributed by atoms with Crippen molar-refractivity contribution in [3.05, 3.63) is 76.2 Å². The number of hydrogen-bond acceptors (Lipinski definition) is 6. The average Bonchev–Trinajstić information content (AvgIpc) is 2.79. The Morgan fingerprint density at radius 3 is 2.49 bits per heavy atom. The van der Waals surface area contributed by atoms with Crippen molar-refractivity contribution in [3.63, 3.8) is 0 Å². The molecule has 0 aliphatic carbocycles. The number of nitrogens with zero attached hydrogens (tertiary/aromatic N) is 1. The van der Waals surface area contributed by atoms with Crippen molar-refractivity contribution in [2.45, 2.75) is 19.4 Å². The SMILES string of the molecule is COc1cccc(-c2cc([C@H](CC(=O)[O-])NC(=O)Nc3c([O-])ccn(C)c3=O)ccc2C)c1.[Na+].[Na+]. The molecule has 0 spiro atoms. The molecule has 1 heterocycles. The zero-order chi connectivity index (χ0) is 24.1. The van der Waals surface area contributed by atoms with Crippen LogP contribution < -0.4 is 90.3 Å². The molecule has 1 aromatic heterocycles. The Morgan fingerprint density at radius 1 is 1.11 bits per heavy atom. The molecule has 1 atom stereocenters. The summed E-state index contributed by atoms with van der Waals surface area (Å²) in [7, 11) is 3.00. The molecule has 2 aromatic carbocycles. The van der Waals surface area contributed by atoms with E-state index in [1.54, 1.807) is 19.2 Å². The summed E-state index contributed by atoms with van der Waals surface area (Å²) in [6, 6.07) is 12.0. The Balaban J connectivity index is 0.00000306. The number of methoxy groups -OCH3 is 1. The number of aryl methyl sites for hydroxylation is 2. The first-order valence-electron chi connectivity index (χ1n) is 10.1. The van der Waals surface area contributed by atoms with Gasteiger partial charge in [-0.25, -0.2) is 4.79 Å². The van der Waals surface area contributed by atoms with Crippen molar-refractivity contribution >= 4 is 17.7 Å². The van der Waals surface area contributed by atoms with Gasteiger partial charge in [-0.3, -0.25) is 4.79 Å². The standard InChI is InChI=1S/C24H25N3O6.2Na/c1-14-7-8-16(12-18(14)15-5-4-6-17(11-15)33-3)19(13-21(29)30)25-24(32)26-22-20(28)9-10-27(2)23(22)31;;/h4-12,19,28H,13H2,1-3H3,(H,29,30)(H2,25,26,32);;/q;2*+1/p-2/t19-;;/m0../s1. The number of nitrogens with one attached hydrogen (secondary N) is 2. The molecule has 0 bridgehead atoms. The Bertz CT molecular complexity index is 1260. The van der Waals surface area contributed by atoms with Crippen molar-refractivity contribution in [1.82, 2.24) is 9.88 Å². The fourth-order valence-electron chi connectivity index (χ4n) is 3.41. The maximum Gasteiger partial charge on any atom is 1.00 e. The minimum atomic E-state index is -1.37. The van der Waals surface area contributed by atoms with Crippen molar-refractivity contribution < 1.29 is 83.7 Å². The number of amides is 2. The van der Waals surface area contributed by atoms with E-state index < -0.39 is 41.5 Å². The van der Waals surface area contributed by atoms with Crippen LogP contribution in [0.15, 0.2) is 59.5 Å². The maximum absolute atomic E-state index is 12.6. The van der Waals surface area contributed by atoms with E-state index in [2.05, 4.69) is 10.6 Å². The number of pyridine rings is 1. The summed E-state index contributed by atoms with van der Waals surface area (Å²) >= 11 is 0. The van der Waals surface area contributed by atoms with Gasteiger partial charge in [0.15, 0.2) is 0 Å². The van der Waals surface area contributed by atoms with Gasteiger partial charge in [0.25, 0.3) is 5.56 Å². The fourth-order valence-corrected chi connectivity index (χ4v) is 3.41. The molecule has 3 rings (SSSR count). The maximum atomic E-state index is 12.6. The first kappa shape index (κ1) is 30.8. The number of ether oxygens (including phenoxy) is 1. The van der Waals surface area contributed by atoms with Crippen molar-refractivity contribution in [1.29, 1.82) is 0 Å². The molecule has 0 fully saturated rings. The number of hydrogen-bond donors (Lipinski definition) is 2. The molecule has 11 heteroatoms. The zero-order valence-corrected chi connectivity index (χ0v) is 24.4. The molecule has 3 aromatic rings. The molecular formula is C24H23N3Na2O6. The number of urea groups is 1. The number of aromatic nitrogens is 1. The van der Waals surface area contributed by atoms with Crippen LogP contribution in [0.25, 0.3) is 11.1 Å². The summed E-state index contributed by atoms with van der Waals surface area (Å²) in [6.07, 6.45) is 0.782. The number of rotatable bonds is 7. The van der Waals surface area contributed by atoms with Gasteiger partial charge in [0.2, 0.25) is 0 Å². The molecular weight excluding hydrogens is 472 g/mol. The third-order valence-corrected chi connectivity index (χ3v) is 5.19. The van der Waals surface area contributed by atoms with Crippen molar-refractivity contribution in [2.24, 2.45) is 7.05 Å². The Kier molecular flexibility index (Phi) is 12.1. The first-order valence-corrected chi connectivity index (χ1v) is 10.1. The quantitative estimate of drug-likeness (QED) is 0.317. The van der Waals surface area contributed by atoms with Gasteiger partial charge >= 0.3 is 65.1 Å². The third-order valence-electron chi connectivity index (χ3n) is 5.19. The van der Waals surface area contributed by atoms with Gasteiger partial charge in [0.1, 0.15) is 11.4 Å². The number of anilines is 1. The number of benzene rings is 2. The van der Waals surface area contributed by atoms with Crippen molar-refractivity contribution in [2.75, 3.05) is 12.4 Å². The second kappa shape index (κ2) is 13.7. The van der Waals surface area contributed by atoms with Crippen LogP contribution in [0.3, 0.4) is 0 Å². The molecule has 172 valence electrons. The summed E-state index contributed by atoms with van der Waals surface area (Å²) in [4.78, 5) is 36.1. The van der Waals surface area contributed by atoms with E-state index in [-0.39, 0.29) is 59.1 Å². The van der Waals surface area contributed by atoms with Gasteiger partial charge < -0.3 is 34.9 Å². The molecule has 0 saturated heterocycles. The van der Waals surface area contributed by atoms with Crippen LogP contribution in [0, 0.1) is 6.92 Å². The number of carboxylic acid groups (broad SMARTS) is 1. The van der Waals surface area contributed by atoms with Gasteiger partial charge in [-0.1, -0.05) is 36.1 Å². The minimum absolute atomic E-state index is 0. The molecule has 0 saturated carbocycles. The van der Waals surface area contributed by atoms with Gasteiger partial charge in [0.05, 0.1) is 13.2 Å². The Morgan fingerprint density at radius 2 is 1.83 bits per heavy atom. The van der Waals surface area contributed by atoms with E-state index in [9.17, 15) is 24.6 Å². The number of carbonyl (C=O) groups excluding carboxylic acids is 2. The fraction of sp³-hybridized carbons (Fsp3) is 0.208. The van der Waals surface area contributed by atoms with Gasteiger partial charge in [-0.05, 0) is 47.4 Å². The molecule has 2 N–H and O–H groups in total. The van der Waals surface area contributed by atoms with E-state index in [1.807, 2.05) is 37.3 Å². The van der Waals surface area contributed by atoms with Crippen LogP contribution in [0.1, 0.15) is 23.6 Å². The van der Waals surface area contributed by atoms with Crippen LogP contribution in [0.2, 0.25) is 0 Å². The molecule has 9 nitrogen and oxygen atoms in total. The minimum Gasteiger partial charge on any atom is -0.871 e. The van der Waals surface area contributed by atoms with Crippen LogP contribution in [-0.4, -0.2) is 23.7 Å². The smallest absolute Gasteiger partial charge is 0.871 e. The van der Waals surface area contributed by atoms with E-state index in [0.29, 0.717) is 11.3 Å². The third kappa shape index (κ3) is 7.86. The number of carbonyl (C=O) groups is 2. The molecule has 2 amide bonds. The van der Waals surface area contributed by atoms with Crippen LogP contribution >= 0.6 is 0 Å². The summed E-state index contributed by atoms with van der Waals surface area (Å²) < 4.78 is 6.43. The number of carboxylic acids is 1. The molecule has 0 unspecified atom stereocenters. The van der Waals surface area contributed by atoms with E-state index in [0.717, 1.165) is 27.3 Å². The van der Waals surface area contributed by atoms with Crippen LogP contribution in [0.4, 0.5) is 10.5 Å². The molecule has 0 radical (unpaired) electrons. The predicted octanol–water partition coefficient (Wildman–Crippen LogP) is -4.55. The molecule has 35 heavy (non-hydrogen) atoms. The summed E-state index contributed by atoms with van der Waals surface area (Å²) in [6.45, 7) is 1.91. The molecule has 0 aliphatic rings. The first-order chi connectivity index (χ1) is 15.7. The second-order valence-electron chi connectivity index (χ2n) is 7.50. The summed E-state index contributed by atoms with van der Waals surface area (Å²) in [5.41, 5.74) is 2.04. The largest absolute Gasteiger partial charge is 1.00 e. The summed E-state index contributed by atoms with van der Waals surface area (Å²) in [5.74, 6) is -1.36. The second-order valence-corrected chi connectivity index (χ2v) is 7.50. The predicted molar refractivity (Wildman–Crippen MR) is 119 cm³/mol. The average molecular weight is 495 g/mol. The number of aliphatic carboxylic acids is 1. The van der Waals surface area contributed by atoms with E-state index >= 15 is 0 Å². The molecule has 0 aliphatic heterocycles. The van der Waals surface area contributed by atoms with Crippen molar-refractivity contribution in [3.8, 4) is 22.6 Å². The Labute approximate surface area is 247 Å². The van der Waals surface area contributed by atoms with E-state index in [4.69, 9.17) is 4.74 Å². The Hall–Kier alpha value is -2.27. The van der Waals surface area contributed by atoms with Crippen LogP contribution in [0.5, 0.6) is 11.5 Å². The van der Waals surface area contributed by atoms with Gasteiger partial charge in [0, 0.05) is 25.6 Å². The topological polar surface area (TPSA) is 136 Å². The van der Waals surface area contributed by atoms with Crippen LogP contribution in [-0.2, 0) is 11.8 Å². The van der Waals surface area contributed by atoms with Gasteiger partial charge in [-0.15, -0.1) is 0 Å². The normalized spacial score (nSPS) is 10.8. The van der Waals surface area contributed by atoms with Gasteiger partial charge in [-0.2, -0.15) is 0 Å². The summed E-state index contributed by atoms with van der Waals surface area (Å²) in [5, 5.41) is 28.1. The zero-order valence-electron chi connectivity index (χ0n) is 20.4.